The van der Waals surface area contributed by atoms with Crippen LogP contribution in [0.25, 0.3) is 0 Å². The Kier molecular flexibility index (Phi) is 3.64. The SMILES string of the molecule is Cc1cc(C)cc(CNC(C)c2ccco2)c1. The van der Waals surface area contributed by atoms with Gasteiger partial charge in [0.05, 0.1) is 12.3 Å². The molecule has 90 valence electrons. The normalized spacial score (nSPS) is 12.6. The summed E-state index contributed by atoms with van der Waals surface area (Å²) in [5.74, 6) is 0.981. The van der Waals surface area contributed by atoms with Crippen molar-refractivity contribution in [3.63, 3.8) is 0 Å². The van der Waals surface area contributed by atoms with Crippen LogP contribution in [0.5, 0.6) is 0 Å². The number of benzene rings is 1. The molecule has 1 aromatic carbocycles. The lowest BCUT2D eigenvalue weighted by Crippen LogP contribution is -2.17. The van der Waals surface area contributed by atoms with E-state index in [4.69, 9.17) is 4.42 Å². The smallest absolute Gasteiger partial charge is 0.120 e. The number of rotatable bonds is 4. The lowest BCUT2D eigenvalue weighted by molar-refractivity contribution is 0.430. The van der Waals surface area contributed by atoms with Gasteiger partial charge in [0.1, 0.15) is 5.76 Å². The number of nitrogens with one attached hydrogen (secondary N) is 1. The fraction of sp³-hybridized carbons (Fsp3) is 0.333. The summed E-state index contributed by atoms with van der Waals surface area (Å²) in [6, 6.07) is 10.8. The minimum Gasteiger partial charge on any atom is -0.468 e. The highest BCUT2D eigenvalue weighted by Gasteiger charge is 2.07. The highest BCUT2D eigenvalue weighted by Crippen LogP contribution is 2.14. The first-order chi connectivity index (χ1) is 8.15. The molecular weight excluding hydrogens is 210 g/mol. The number of hydrogen-bond donors (Lipinski definition) is 1. The highest BCUT2D eigenvalue weighted by molar-refractivity contribution is 5.28. The molecule has 0 aliphatic carbocycles. The van der Waals surface area contributed by atoms with Crippen molar-refractivity contribution in [1.82, 2.24) is 5.32 Å². The molecule has 0 fully saturated rings. The van der Waals surface area contributed by atoms with Gasteiger partial charge in [0.15, 0.2) is 0 Å². The van der Waals surface area contributed by atoms with Gasteiger partial charge in [-0.3, -0.25) is 0 Å². The van der Waals surface area contributed by atoms with Crippen molar-refractivity contribution in [3.05, 3.63) is 59.0 Å². The Morgan fingerprint density at radius 3 is 2.47 bits per heavy atom. The average molecular weight is 229 g/mol. The molecule has 2 heteroatoms. The van der Waals surface area contributed by atoms with Gasteiger partial charge in [-0.05, 0) is 38.5 Å². The minimum absolute atomic E-state index is 0.241. The summed E-state index contributed by atoms with van der Waals surface area (Å²) < 4.78 is 5.37. The third-order valence-electron chi connectivity index (χ3n) is 2.86. The van der Waals surface area contributed by atoms with E-state index in [1.165, 1.54) is 16.7 Å². The summed E-state index contributed by atoms with van der Waals surface area (Å²) in [7, 11) is 0. The second-order valence-electron chi connectivity index (χ2n) is 4.61. The van der Waals surface area contributed by atoms with Crippen LogP contribution < -0.4 is 5.32 Å². The maximum Gasteiger partial charge on any atom is 0.120 e. The largest absolute Gasteiger partial charge is 0.468 e. The zero-order valence-electron chi connectivity index (χ0n) is 10.7. The average Bonchev–Trinajstić information content (AvgIpc) is 2.78. The molecule has 17 heavy (non-hydrogen) atoms. The Hall–Kier alpha value is -1.54. The summed E-state index contributed by atoms with van der Waals surface area (Å²) in [5, 5.41) is 3.46. The van der Waals surface area contributed by atoms with Crippen molar-refractivity contribution in [2.24, 2.45) is 0 Å². The molecule has 1 unspecified atom stereocenters. The van der Waals surface area contributed by atoms with E-state index in [0.717, 1.165) is 12.3 Å². The van der Waals surface area contributed by atoms with Gasteiger partial charge < -0.3 is 9.73 Å². The van der Waals surface area contributed by atoms with E-state index in [2.05, 4.69) is 44.3 Å². The molecule has 0 amide bonds. The fourth-order valence-electron chi connectivity index (χ4n) is 2.08. The Morgan fingerprint density at radius 2 is 1.88 bits per heavy atom. The summed E-state index contributed by atoms with van der Waals surface area (Å²) in [6.45, 7) is 7.24. The molecule has 0 spiro atoms. The Balaban J connectivity index is 1.98. The van der Waals surface area contributed by atoms with Crippen LogP contribution in [0.15, 0.2) is 41.0 Å². The second-order valence-corrected chi connectivity index (χ2v) is 4.61. The first-order valence-electron chi connectivity index (χ1n) is 5.99. The molecule has 1 aromatic heterocycles. The molecule has 2 rings (SSSR count). The molecule has 1 atom stereocenters. The van der Waals surface area contributed by atoms with Gasteiger partial charge in [0, 0.05) is 6.54 Å². The second kappa shape index (κ2) is 5.19. The standard InChI is InChI=1S/C15H19NO/c1-11-7-12(2)9-14(8-11)10-16-13(3)15-5-4-6-17-15/h4-9,13,16H,10H2,1-3H3. The van der Waals surface area contributed by atoms with E-state index < -0.39 is 0 Å². The molecule has 0 radical (unpaired) electrons. The highest BCUT2D eigenvalue weighted by atomic mass is 16.3. The Bertz CT molecular complexity index is 453. The fourth-order valence-corrected chi connectivity index (χ4v) is 2.08. The summed E-state index contributed by atoms with van der Waals surface area (Å²) >= 11 is 0. The zero-order valence-corrected chi connectivity index (χ0v) is 10.7. The van der Waals surface area contributed by atoms with E-state index >= 15 is 0 Å². The van der Waals surface area contributed by atoms with Crippen molar-refractivity contribution in [3.8, 4) is 0 Å². The van der Waals surface area contributed by atoms with Gasteiger partial charge >= 0.3 is 0 Å². The van der Waals surface area contributed by atoms with Crippen LogP contribution in [0.2, 0.25) is 0 Å². The molecular formula is C15H19NO. The first kappa shape index (κ1) is 11.9. The third-order valence-corrected chi connectivity index (χ3v) is 2.86. The van der Waals surface area contributed by atoms with Gasteiger partial charge in [-0.1, -0.05) is 29.3 Å². The van der Waals surface area contributed by atoms with Crippen molar-refractivity contribution >= 4 is 0 Å². The van der Waals surface area contributed by atoms with E-state index in [1.807, 2.05) is 12.1 Å². The summed E-state index contributed by atoms with van der Waals surface area (Å²) in [4.78, 5) is 0. The van der Waals surface area contributed by atoms with E-state index in [9.17, 15) is 0 Å². The van der Waals surface area contributed by atoms with E-state index in [0.29, 0.717) is 0 Å². The minimum atomic E-state index is 0.241. The number of furan rings is 1. The Labute approximate surface area is 103 Å². The molecule has 0 aliphatic heterocycles. The maximum atomic E-state index is 5.37. The van der Waals surface area contributed by atoms with Crippen LogP contribution in [0, 0.1) is 13.8 Å². The van der Waals surface area contributed by atoms with Crippen LogP contribution in [-0.4, -0.2) is 0 Å². The number of hydrogen-bond acceptors (Lipinski definition) is 2. The van der Waals surface area contributed by atoms with Crippen LogP contribution in [0.4, 0.5) is 0 Å². The molecule has 0 aliphatic rings. The van der Waals surface area contributed by atoms with Crippen LogP contribution in [-0.2, 0) is 6.54 Å². The van der Waals surface area contributed by atoms with Gasteiger partial charge in [-0.2, -0.15) is 0 Å². The molecule has 0 bridgehead atoms. The molecule has 0 saturated carbocycles. The lowest BCUT2D eigenvalue weighted by Gasteiger charge is -2.12. The number of aryl methyl sites for hydroxylation is 2. The first-order valence-corrected chi connectivity index (χ1v) is 5.99. The topological polar surface area (TPSA) is 25.2 Å². The van der Waals surface area contributed by atoms with Crippen molar-refractivity contribution in [1.29, 1.82) is 0 Å². The molecule has 2 aromatic rings. The predicted octanol–water partition coefficient (Wildman–Crippen LogP) is 3.75. The van der Waals surface area contributed by atoms with Crippen molar-refractivity contribution in [2.75, 3.05) is 0 Å². The van der Waals surface area contributed by atoms with Crippen LogP contribution in [0.1, 0.15) is 35.4 Å². The monoisotopic (exact) mass is 229 g/mol. The van der Waals surface area contributed by atoms with E-state index in [1.54, 1.807) is 6.26 Å². The quantitative estimate of drug-likeness (QED) is 0.863. The van der Waals surface area contributed by atoms with Crippen LogP contribution >= 0.6 is 0 Å². The van der Waals surface area contributed by atoms with Crippen molar-refractivity contribution in [2.45, 2.75) is 33.4 Å². The maximum absolute atomic E-state index is 5.37. The van der Waals surface area contributed by atoms with Crippen molar-refractivity contribution < 1.29 is 4.42 Å². The molecule has 1 N–H and O–H groups in total. The third kappa shape index (κ3) is 3.21. The van der Waals surface area contributed by atoms with Gasteiger partial charge in [-0.15, -0.1) is 0 Å². The lowest BCUT2D eigenvalue weighted by atomic mass is 10.1. The summed E-state index contributed by atoms with van der Waals surface area (Å²) in [5.41, 5.74) is 3.95. The van der Waals surface area contributed by atoms with Gasteiger partial charge in [0.25, 0.3) is 0 Å². The van der Waals surface area contributed by atoms with Gasteiger partial charge in [0.2, 0.25) is 0 Å². The van der Waals surface area contributed by atoms with Gasteiger partial charge in [-0.25, -0.2) is 0 Å². The molecule has 0 saturated heterocycles. The van der Waals surface area contributed by atoms with E-state index in [-0.39, 0.29) is 6.04 Å². The molecule has 1 heterocycles. The molecule has 2 nitrogen and oxygen atoms in total. The Morgan fingerprint density at radius 1 is 1.18 bits per heavy atom. The predicted molar refractivity (Wildman–Crippen MR) is 69.9 cm³/mol. The van der Waals surface area contributed by atoms with Crippen LogP contribution in [0.3, 0.4) is 0 Å². The zero-order chi connectivity index (χ0) is 12.3. The summed E-state index contributed by atoms with van der Waals surface area (Å²) in [6.07, 6.45) is 1.71.